The molecule has 0 bridgehead atoms. The zero-order valence-electron chi connectivity index (χ0n) is 12.0. The normalized spacial score (nSPS) is 19.7. The van der Waals surface area contributed by atoms with Crippen LogP contribution in [0.25, 0.3) is 0 Å². The van der Waals surface area contributed by atoms with E-state index in [0.717, 1.165) is 30.1 Å². The summed E-state index contributed by atoms with van der Waals surface area (Å²) >= 11 is 1.53. The highest BCUT2D eigenvalue weighted by Crippen LogP contribution is 2.33. The van der Waals surface area contributed by atoms with Gasteiger partial charge in [-0.2, -0.15) is 0 Å². The molecule has 1 amide bonds. The van der Waals surface area contributed by atoms with E-state index in [1.807, 2.05) is 42.3 Å². The molecule has 0 unspecified atom stereocenters. The van der Waals surface area contributed by atoms with Crippen molar-refractivity contribution in [1.82, 2.24) is 14.9 Å². The van der Waals surface area contributed by atoms with Gasteiger partial charge in [0, 0.05) is 24.6 Å². The Bertz CT molecular complexity index is 585. The number of hydrogen-bond acceptors (Lipinski definition) is 3. The lowest BCUT2D eigenvalue weighted by atomic mass is 10.1. The Balaban J connectivity index is 1.69. The highest BCUT2D eigenvalue weighted by Gasteiger charge is 2.33. The summed E-state index contributed by atoms with van der Waals surface area (Å²) in [6, 6.07) is 10.0. The fourth-order valence-electron chi connectivity index (χ4n) is 2.79. The van der Waals surface area contributed by atoms with Gasteiger partial charge in [-0.1, -0.05) is 17.8 Å². The molecule has 0 aromatic carbocycles. The summed E-state index contributed by atoms with van der Waals surface area (Å²) in [6.45, 7) is 2.81. The molecule has 2 aromatic rings. The van der Waals surface area contributed by atoms with Gasteiger partial charge in [-0.15, -0.1) is 0 Å². The lowest BCUT2D eigenvalue weighted by Crippen LogP contribution is -2.36. The molecule has 4 nitrogen and oxygen atoms in total. The lowest BCUT2D eigenvalue weighted by Gasteiger charge is -2.26. The average molecular weight is 301 g/mol. The quantitative estimate of drug-likeness (QED) is 0.882. The number of nitrogens with one attached hydrogen (secondary N) is 1. The van der Waals surface area contributed by atoms with Crippen molar-refractivity contribution < 1.29 is 4.79 Å². The predicted octanol–water partition coefficient (Wildman–Crippen LogP) is 3.25. The maximum atomic E-state index is 12.7. The topological polar surface area (TPSA) is 49.0 Å². The zero-order valence-corrected chi connectivity index (χ0v) is 12.8. The van der Waals surface area contributed by atoms with E-state index in [1.54, 1.807) is 6.20 Å². The van der Waals surface area contributed by atoms with Gasteiger partial charge in [0.15, 0.2) is 0 Å². The Morgan fingerprint density at radius 1 is 1.43 bits per heavy atom. The third kappa shape index (κ3) is 3.13. The predicted molar refractivity (Wildman–Crippen MR) is 84.0 cm³/mol. The molecule has 0 saturated carbocycles. The minimum Gasteiger partial charge on any atom is -0.363 e. The van der Waals surface area contributed by atoms with Crippen molar-refractivity contribution in [2.45, 2.75) is 36.1 Å². The monoisotopic (exact) mass is 301 g/mol. The number of thioether (sulfide) groups is 1. The Hall–Kier alpha value is -1.75. The molecule has 1 aliphatic heterocycles. The van der Waals surface area contributed by atoms with E-state index in [4.69, 9.17) is 0 Å². The van der Waals surface area contributed by atoms with Gasteiger partial charge in [-0.25, -0.2) is 4.98 Å². The molecule has 2 aromatic heterocycles. The Kier molecular flexibility index (Phi) is 4.29. The van der Waals surface area contributed by atoms with Crippen LogP contribution in [-0.4, -0.2) is 32.6 Å². The van der Waals surface area contributed by atoms with E-state index in [1.165, 1.54) is 11.8 Å². The van der Waals surface area contributed by atoms with Gasteiger partial charge < -0.3 is 9.88 Å². The molecular weight excluding hydrogens is 282 g/mol. The molecule has 0 spiro atoms. The first-order valence-electron chi connectivity index (χ1n) is 7.27. The number of likely N-dealkylation sites (tertiary alicyclic amines) is 1. The third-order valence-corrected chi connectivity index (χ3v) is 4.84. The average Bonchev–Trinajstić information content (AvgIpc) is 3.18. The molecule has 3 heterocycles. The van der Waals surface area contributed by atoms with Gasteiger partial charge in [0.1, 0.15) is 0 Å². The second-order valence-electron chi connectivity index (χ2n) is 5.24. The number of aromatic nitrogens is 2. The Morgan fingerprint density at radius 3 is 3.05 bits per heavy atom. The molecule has 110 valence electrons. The van der Waals surface area contributed by atoms with Crippen LogP contribution in [0, 0.1) is 0 Å². The number of carbonyl (C=O) groups is 1. The second-order valence-corrected chi connectivity index (χ2v) is 6.60. The van der Waals surface area contributed by atoms with Gasteiger partial charge in [-0.05, 0) is 44.0 Å². The van der Waals surface area contributed by atoms with Gasteiger partial charge in [-0.3, -0.25) is 4.79 Å². The van der Waals surface area contributed by atoms with Crippen LogP contribution in [-0.2, 0) is 4.79 Å². The summed E-state index contributed by atoms with van der Waals surface area (Å²) in [5.74, 6) is 0.197. The van der Waals surface area contributed by atoms with Gasteiger partial charge >= 0.3 is 0 Å². The first kappa shape index (κ1) is 14.2. The van der Waals surface area contributed by atoms with Crippen molar-refractivity contribution in [2.24, 2.45) is 0 Å². The van der Waals surface area contributed by atoms with E-state index in [0.29, 0.717) is 0 Å². The molecule has 1 saturated heterocycles. The number of pyridine rings is 1. The molecule has 1 fully saturated rings. The molecule has 0 aliphatic carbocycles. The van der Waals surface area contributed by atoms with E-state index < -0.39 is 0 Å². The summed E-state index contributed by atoms with van der Waals surface area (Å²) in [5, 5.41) is 0.782. The second kappa shape index (κ2) is 6.35. The minimum atomic E-state index is -0.115. The highest BCUT2D eigenvalue weighted by atomic mass is 32.2. The minimum absolute atomic E-state index is 0.115. The van der Waals surface area contributed by atoms with Crippen LogP contribution in [0.2, 0.25) is 0 Å². The number of H-pyrrole nitrogens is 1. The lowest BCUT2D eigenvalue weighted by molar-refractivity contribution is -0.131. The van der Waals surface area contributed by atoms with Crippen LogP contribution in [0.3, 0.4) is 0 Å². The van der Waals surface area contributed by atoms with Crippen LogP contribution in [0.5, 0.6) is 0 Å². The van der Waals surface area contributed by atoms with Crippen molar-refractivity contribution in [3.63, 3.8) is 0 Å². The van der Waals surface area contributed by atoms with E-state index in [9.17, 15) is 4.79 Å². The number of amides is 1. The van der Waals surface area contributed by atoms with Crippen LogP contribution in [0.1, 0.15) is 31.5 Å². The summed E-state index contributed by atoms with van der Waals surface area (Å²) in [6.07, 6.45) is 5.78. The van der Waals surface area contributed by atoms with Crippen molar-refractivity contribution in [1.29, 1.82) is 0 Å². The zero-order chi connectivity index (χ0) is 14.7. The van der Waals surface area contributed by atoms with Gasteiger partial charge in [0.2, 0.25) is 5.91 Å². The summed E-state index contributed by atoms with van der Waals surface area (Å²) < 4.78 is 0. The van der Waals surface area contributed by atoms with Crippen molar-refractivity contribution >= 4 is 17.7 Å². The van der Waals surface area contributed by atoms with Crippen molar-refractivity contribution in [3.8, 4) is 0 Å². The van der Waals surface area contributed by atoms with Gasteiger partial charge in [0.25, 0.3) is 0 Å². The maximum Gasteiger partial charge on any atom is 0.236 e. The molecule has 3 rings (SSSR count). The summed E-state index contributed by atoms with van der Waals surface area (Å²) in [7, 11) is 0. The number of carbonyl (C=O) groups excluding carboxylic acids is 1. The van der Waals surface area contributed by atoms with E-state index in [-0.39, 0.29) is 17.2 Å². The standard InChI is InChI=1S/C16H19N3OS/c1-12(21-15-8-2-3-9-18-15)16(20)19-11-5-7-14(19)13-6-4-10-17-13/h2-4,6,8-10,12,14,17H,5,7,11H2,1H3/t12-,14-/m1/s1. The molecule has 1 aliphatic rings. The smallest absolute Gasteiger partial charge is 0.236 e. The number of nitrogens with zero attached hydrogens (tertiary/aromatic N) is 2. The number of aromatic amines is 1. The number of hydrogen-bond donors (Lipinski definition) is 1. The maximum absolute atomic E-state index is 12.7. The fourth-order valence-corrected chi connectivity index (χ4v) is 3.66. The Labute approximate surface area is 129 Å². The first-order valence-corrected chi connectivity index (χ1v) is 8.15. The molecular formula is C16H19N3OS. The Morgan fingerprint density at radius 2 is 2.33 bits per heavy atom. The SMILES string of the molecule is C[C@@H](Sc1ccccn1)C(=O)N1CCC[C@@H]1c1ccc[nH]1. The van der Waals surface area contributed by atoms with E-state index >= 15 is 0 Å². The third-order valence-electron chi connectivity index (χ3n) is 3.80. The van der Waals surface area contributed by atoms with Crippen LogP contribution < -0.4 is 0 Å². The van der Waals surface area contributed by atoms with Crippen molar-refractivity contribution in [3.05, 3.63) is 48.4 Å². The van der Waals surface area contributed by atoms with Gasteiger partial charge in [0.05, 0.1) is 16.3 Å². The van der Waals surface area contributed by atoms with Crippen LogP contribution in [0.4, 0.5) is 0 Å². The molecule has 21 heavy (non-hydrogen) atoms. The van der Waals surface area contributed by atoms with E-state index in [2.05, 4.69) is 16.0 Å². The molecule has 2 atom stereocenters. The first-order chi connectivity index (χ1) is 10.3. The fraction of sp³-hybridized carbons (Fsp3) is 0.375. The summed E-state index contributed by atoms with van der Waals surface area (Å²) in [5.41, 5.74) is 1.14. The molecule has 0 radical (unpaired) electrons. The molecule has 5 heteroatoms. The van der Waals surface area contributed by atoms with Crippen molar-refractivity contribution in [2.75, 3.05) is 6.54 Å². The van der Waals surface area contributed by atoms with Crippen LogP contribution in [0.15, 0.2) is 47.8 Å². The highest BCUT2D eigenvalue weighted by molar-refractivity contribution is 8.00. The largest absolute Gasteiger partial charge is 0.363 e. The van der Waals surface area contributed by atoms with Crippen LogP contribution >= 0.6 is 11.8 Å². The number of rotatable bonds is 4. The summed E-state index contributed by atoms with van der Waals surface area (Å²) in [4.78, 5) is 22.2. The molecule has 1 N–H and O–H groups in total.